The van der Waals surface area contributed by atoms with E-state index in [1.54, 1.807) is 0 Å². The molecule has 0 aliphatic carbocycles. The third-order valence-electron chi connectivity index (χ3n) is 4.57. The fraction of sp³-hybridized carbons (Fsp3) is 0.467. The van der Waals surface area contributed by atoms with Gasteiger partial charge in [-0.25, -0.2) is 0 Å². The molecule has 0 amide bonds. The molecule has 4 heteroatoms. The van der Waals surface area contributed by atoms with Crippen molar-refractivity contribution in [2.75, 3.05) is 4.90 Å². The number of hydrogen-bond acceptors (Lipinski definition) is 4. The van der Waals surface area contributed by atoms with Gasteiger partial charge in [0.05, 0.1) is 17.4 Å². The first-order valence-corrected chi connectivity index (χ1v) is 7.07. The second-order valence-corrected chi connectivity index (χ2v) is 5.77. The van der Waals surface area contributed by atoms with E-state index in [0.717, 1.165) is 18.4 Å². The van der Waals surface area contributed by atoms with Crippen LogP contribution >= 0.6 is 0 Å². The fourth-order valence-corrected chi connectivity index (χ4v) is 3.81. The third kappa shape index (κ3) is 1.70. The fourth-order valence-electron chi connectivity index (χ4n) is 3.81. The van der Waals surface area contributed by atoms with Crippen LogP contribution in [0.5, 0.6) is 0 Å². The Morgan fingerprint density at radius 2 is 1.84 bits per heavy atom. The summed E-state index contributed by atoms with van der Waals surface area (Å²) in [6.45, 7) is 0. The lowest BCUT2D eigenvalue weighted by molar-refractivity contribution is 0.415. The number of aromatic nitrogens is 2. The third-order valence-corrected chi connectivity index (χ3v) is 4.57. The van der Waals surface area contributed by atoms with Crippen LogP contribution in [0, 0.1) is 0 Å². The molecular weight excluding hydrogens is 236 g/mol. The van der Waals surface area contributed by atoms with Crippen molar-refractivity contribution in [1.82, 2.24) is 10.2 Å². The van der Waals surface area contributed by atoms with Gasteiger partial charge in [-0.05, 0) is 31.7 Å². The van der Waals surface area contributed by atoms with E-state index in [1.807, 2.05) is 18.3 Å². The predicted octanol–water partition coefficient (Wildman–Crippen LogP) is 2.09. The molecule has 4 rings (SSSR count). The molecule has 98 valence electrons. The van der Waals surface area contributed by atoms with Gasteiger partial charge in [-0.1, -0.05) is 18.2 Å². The molecule has 0 saturated carbocycles. The first-order valence-electron chi connectivity index (χ1n) is 7.07. The van der Waals surface area contributed by atoms with Gasteiger partial charge in [0.15, 0.2) is 0 Å². The van der Waals surface area contributed by atoms with Gasteiger partial charge in [0.25, 0.3) is 0 Å². The monoisotopic (exact) mass is 254 g/mol. The average Bonchev–Trinajstić information content (AvgIpc) is 2.70. The van der Waals surface area contributed by atoms with Crippen LogP contribution < -0.4 is 10.6 Å². The van der Waals surface area contributed by atoms with Crippen molar-refractivity contribution in [3.8, 4) is 0 Å². The van der Waals surface area contributed by atoms with Gasteiger partial charge >= 0.3 is 0 Å². The minimum Gasteiger partial charge on any atom is -0.364 e. The molecule has 2 aliphatic rings. The Labute approximate surface area is 112 Å². The van der Waals surface area contributed by atoms with Crippen molar-refractivity contribution < 1.29 is 0 Å². The highest BCUT2D eigenvalue weighted by Crippen LogP contribution is 2.40. The molecule has 3 heterocycles. The van der Waals surface area contributed by atoms with Gasteiger partial charge in [0.2, 0.25) is 0 Å². The van der Waals surface area contributed by atoms with E-state index in [2.05, 4.69) is 27.2 Å². The number of nitrogens with two attached hydrogens (primary N) is 1. The average molecular weight is 254 g/mol. The molecule has 4 nitrogen and oxygen atoms in total. The smallest absolute Gasteiger partial charge is 0.0950 e. The van der Waals surface area contributed by atoms with Gasteiger partial charge in [-0.15, -0.1) is 0 Å². The quantitative estimate of drug-likeness (QED) is 0.846. The van der Waals surface area contributed by atoms with E-state index in [4.69, 9.17) is 5.73 Å². The number of rotatable bonds is 1. The first-order chi connectivity index (χ1) is 9.33. The van der Waals surface area contributed by atoms with Crippen LogP contribution in [-0.2, 0) is 0 Å². The SMILES string of the molecule is NC1CC2CCC(C1)N2c1cnnc2ccccc12. The molecule has 0 radical (unpaired) electrons. The second kappa shape index (κ2) is 4.17. The van der Waals surface area contributed by atoms with E-state index >= 15 is 0 Å². The zero-order valence-electron chi connectivity index (χ0n) is 10.9. The van der Waals surface area contributed by atoms with E-state index in [0.29, 0.717) is 18.1 Å². The summed E-state index contributed by atoms with van der Waals surface area (Å²) < 4.78 is 0. The first kappa shape index (κ1) is 11.2. The van der Waals surface area contributed by atoms with Crippen LogP contribution in [-0.4, -0.2) is 28.3 Å². The van der Waals surface area contributed by atoms with Crippen LogP contribution in [0.25, 0.3) is 10.9 Å². The minimum atomic E-state index is 0.370. The molecule has 2 aliphatic heterocycles. The zero-order valence-corrected chi connectivity index (χ0v) is 10.9. The van der Waals surface area contributed by atoms with Crippen LogP contribution in [0.15, 0.2) is 30.5 Å². The topological polar surface area (TPSA) is 55.0 Å². The number of fused-ring (bicyclic) bond motifs is 3. The molecule has 2 N–H and O–H groups in total. The van der Waals surface area contributed by atoms with Crippen LogP contribution in [0.3, 0.4) is 0 Å². The molecule has 0 spiro atoms. The van der Waals surface area contributed by atoms with Crippen LogP contribution in [0.1, 0.15) is 25.7 Å². The molecule has 19 heavy (non-hydrogen) atoms. The zero-order chi connectivity index (χ0) is 12.8. The van der Waals surface area contributed by atoms with Crippen LogP contribution in [0.2, 0.25) is 0 Å². The van der Waals surface area contributed by atoms with Crippen molar-refractivity contribution in [1.29, 1.82) is 0 Å². The molecule has 2 unspecified atom stereocenters. The number of benzene rings is 1. The lowest BCUT2D eigenvalue weighted by atomic mass is 9.97. The Bertz CT molecular complexity index is 593. The maximum atomic E-state index is 6.15. The Hall–Kier alpha value is -1.68. The van der Waals surface area contributed by atoms with Crippen molar-refractivity contribution in [2.45, 2.75) is 43.8 Å². The Morgan fingerprint density at radius 1 is 1.11 bits per heavy atom. The van der Waals surface area contributed by atoms with E-state index in [1.165, 1.54) is 23.9 Å². The van der Waals surface area contributed by atoms with Gasteiger partial charge < -0.3 is 10.6 Å². The summed E-state index contributed by atoms with van der Waals surface area (Å²) in [6.07, 6.45) is 6.65. The summed E-state index contributed by atoms with van der Waals surface area (Å²) in [6, 6.07) is 9.81. The molecule has 2 bridgehead atoms. The van der Waals surface area contributed by atoms with Gasteiger partial charge in [0, 0.05) is 23.5 Å². The van der Waals surface area contributed by atoms with Crippen LogP contribution in [0.4, 0.5) is 5.69 Å². The summed E-state index contributed by atoms with van der Waals surface area (Å²) in [4.78, 5) is 2.56. The Balaban J connectivity index is 1.83. The molecule has 2 fully saturated rings. The minimum absolute atomic E-state index is 0.370. The lowest BCUT2D eigenvalue weighted by Crippen LogP contribution is -2.47. The highest BCUT2D eigenvalue weighted by atomic mass is 15.2. The molecular formula is C15H18N4. The largest absolute Gasteiger partial charge is 0.364 e. The second-order valence-electron chi connectivity index (χ2n) is 5.77. The van der Waals surface area contributed by atoms with E-state index < -0.39 is 0 Å². The summed E-state index contributed by atoms with van der Waals surface area (Å²) in [5, 5.41) is 9.61. The Morgan fingerprint density at radius 3 is 2.63 bits per heavy atom. The summed E-state index contributed by atoms with van der Waals surface area (Å²) in [5.41, 5.74) is 8.38. The number of hydrogen-bond donors (Lipinski definition) is 1. The van der Waals surface area contributed by atoms with Crippen molar-refractivity contribution >= 4 is 16.6 Å². The molecule has 2 aromatic rings. The Kier molecular flexibility index (Phi) is 2.45. The normalized spacial score (nSPS) is 29.9. The number of piperidine rings is 1. The number of nitrogens with zero attached hydrogens (tertiary/aromatic N) is 3. The molecule has 2 atom stereocenters. The number of anilines is 1. The van der Waals surface area contributed by atoms with Crippen molar-refractivity contribution in [3.63, 3.8) is 0 Å². The summed E-state index contributed by atoms with van der Waals surface area (Å²) in [7, 11) is 0. The van der Waals surface area contributed by atoms with Gasteiger partial charge in [-0.3, -0.25) is 0 Å². The summed E-state index contributed by atoms with van der Waals surface area (Å²) >= 11 is 0. The molecule has 1 aromatic heterocycles. The van der Waals surface area contributed by atoms with E-state index in [9.17, 15) is 0 Å². The van der Waals surface area contributed by atoms with Gasteiger partial charge in [-0.2, -0.15) is 10.2 Å². The molecule has 1 aromatic carbocycles. The highest BCUT2D eigenvalue weighted by Gasteiger charge is 2.40. The predicted molar refractivity (Wildman–Crippen MR) is 76.0 cm³/mol. The standard InChI is InChI=1S/C15H18N4/c16-10-7-11-5-6-12(8-10)19(11)15-9-17-18-14-4-2-1-3-13(14)15/h1-4,9-12H,5-8,16H2. The van der Waals surface area contributed by atoms with E-state index in [-0.39, 0.29) is 0 Å². The maximum absolute atomic E-state index is 6.15. The van der Waals surface area contributed by atoms with Crippen molar-refractivity contribution in [3.05, 3.63) is 30.5 Å². The highest BCUT2D eigenvalue weighted by molar-refractivity contribution is 5.91. The molecule has 2 saturated heterocycles. The van der Waals surface area contributed by atoms with Gasteiger partial charge in [0.1, 0.15) is 0 Å². The van der Waals surface area contributed by atoms with Crippen molar-refractivity contribution in [2.24, 2.45) is 5.73 Å². The summed E-state index contributed by atoms with van der Waals surface area (Å²) in [5.74, 6) is 0. The lowest BCUT2D eigenvalue weighted by Gasteiger charge is -2.39. The maximum Gasteiger partial charge on any atom is 0.0950 e.